The molecule has 164 valence electrons. The lowest BCUT2D eigenvalue weighted by molar-refractivity contribution is -0.118. The summed E-state index contributed by atoms with van der Waals surface area (Å²) in [5, 5.41) is 3.61. The first kappa shape index (κ1) is 23.2. The third-order valence-corrected chi connectivity index (χ3v) is 5.54. The first-order chi connectivity index (χ1) is 15.7. The molecule has 0 saturated carbocycles. The number of rotatable bonds is 7. The summed E-state index contributed by atoms with van der Waals surface area (Å²) in [6.45, 7) is 2.07. The predicted octanol–water partition coefficient (Wildman–Crippen LogP) is 3.68. The summed E-state index contributed by atoms with van der Waals surface area (Å²) in [5.41, 5.74) is 9.64. The Kier molecular flexibility index (Phi) is 8.13. The summed E-state index contributed by atoms with van der Waals surface area (Å²) in [6.07, 6.45) is 4.64. The number of aromatic nitrogens is 3. The van der Waals surface area contributed by atoms with Gasteiger partial charge in [-0.3, -0.25) is 14.0 Å². The normalized spacial score (nSPS) is 10.3. The number of nitrogens with zero attached hydrogens (tertiary/aromatic N) is 3. The summed E-state index contributed by atoms with van der Waals surface area (Å²) in [7, 11) is 1.50. The van der Waals surface area contributed by atoms with E-state index in [1.54, 1.807) is 23.9 Å². The molecule has 2 aromatic carbocycles. The van der Waals surface area contributed by atoms with E-state index < -0.39 is 0 Å². The molecule has 0 aliphatic carbocycles. The number of aldehydes is 1. The molecular weight excluding hydrogens is 422 g/mol. The lowest BCUT2D eigenvalue weighted by atomic mass is 10.1. The predicted molar refractivity (Wildman–Crippen MR) is 129 cm³/mol. The molecule has 0 aliphatic heterocycles. The second kappa shape index (κ2) is 11.2. The minimum Gasteiger partial charge on any atom is -0.356 e. The SMILES string of the molecule is CC(=O)NCCSc1nc(-c2ccccc2)cn2c(-c3ccc(C=O)cc3)cnc12.CN. The van der Waals surface area contributed by atoms with Gasteiger partial charge >= 0.3 is 0 Å². The Morgan fingerprint density at radius 3 is 2.47 bits per heavy atom. The summed E-state index contributed by atoms with van der Waals surface area (Å²) >= 11 is 1.56. The number of hydrogen-bond donors (Lipinski definition) is 2. The molecule has 0 bridgehead atoms. The Bertz CT molecular complexity index is 1190. The molecule has 1 amide bonds. The van der Waals surface area contributed by atoms with Gasteiger partial charge in [0.05, 0.1) is 17.6 Å². The Morgan fingerprint density at radius 1 is 1.09 bits per heavy atom. The molecule has 7 nitrogen and oxygen atoms in total. The molecule has 0 radical (unpaired) electrons. The Hall–Kier alpha value is -3.49. The molecular formula is C24H25N5O2S. The third-order valence-electron chi connectivity index (χ3n) is 4.59. The Morgan fingerprint density at radius 2 is 1.81 bits per heavy atom. The minimum absolute atomic E-state index is 0.0476. The van der Waals surface area contributed by atoms with Crippen molar-refractivity contribution >= 4 is 29.6 Å². The molecule has 4 rings (SSSR count). The van der Waals surface area contributed by atoms with Crippen LogP contribution in [0.5, 0.6) is 0 Å². The highest BCUT2D eigenvalue weighted by atomic mass is 32.2. The van der Waals surface area contributed by atoms with Crippen LogP contribution in [0.2, 0.25) is 0 Å². The van der Waals surface area contributed by atoms with Crippen LogP contribution in [0.15, 0.2) is 72.0 Å². The van der Waals surface area contributed by atoms with Gasteiger partial charge in [-0.2, -0.15) is 0 Å². The highest BCUT2D eigenvalue weighted by Gasteiger charge is 2.14. The van der Waals surface area contributed by atoms with Crippen LogP contribution in [0.4, 0.5) is 0 Å². The van der Waals surface area contributed by atoms with Crippen LogP contribution in [-0.4, -0.2) is 45.9 Å². The van der Waals surface area contributed by atoms with Gasteiger partial charge in [0.25, 0.3) is 0 Å². The van der Waals surface area contributed by atoms with Crippen LogP contribution in [0.1, 0.15) is 17.3 Å². The van der Waals surface area contributed by atoms with Crippen molar-refractivity contribution in [2.75, 3.05) is 19.3 Å². The van der Waals surface area contributed by atoms with Gasteiger partial charge < -0.3 is 11.1 Å². The smallest absolute Gasteiger partial charge is 0.216 e. The van der Waals surface area contributed by atoms with Gasteiger partial charge in [-0.05, 0) is 7.05 Å². The number of fused-ring (bicyclic) bond motifs is 1. The maximum absolute atomic E-state index is 11.1. The molecule has 4 aromatic rings. The number of nitrogens with two attached hydrogens (primary N) is 1. The zero-order chi connectivity index (χ0) is 22.9. The van der Waals surface area contributed by atoms with Crippen LogP contribution in [0.3, 0.4) is 0 Å². The summed E-state index contributed by atoms with van der Waals surface area (Å²) < 4.78 is 2.03. The van der Waals surface area contributed by atoms with Gasteiger partial charge in [0.2, 0.25) is 5.91 Å². The van der Waals surface area contributed by atoms with E-state index in [1.807, 2.05) is 59.3 Å². The maximum Gasteiger partial charge on any atom is 0.216 e. The molecule has 32 heavy (non-hydrogen) atoms. The number of imidazole rings is 1. The number of carbonyl (C=O) groups is 2. The van der Waals surface area contributed by atoms with E-state index in [2.05, 4.69) is 16.0 Å². The quantitative estimate of drug-likeness (QED) is 0.255. The largest absolute Gasteiger partial charge is 0.356 e. The summed E-state index contributed by atoms with van der Waals surface area (Å²) in [4.78, 5) is 31.6. The van der Waals surface area contributed by atoms with Gasteiger partial charge in [-0.15, -0.1) is 11.8 Å². The lowest BCUT2D eigenvalue weighted by Crippen LogP contribution is -2.22. The molecule has 3 N–H and O–H groups in total. The van der Waals surface area contributed by atoms with Gasteiger partial charge in [-0.1, -0.05) is 54.6 Å². The monoisotopic (exact) mass is 447 g/mol. The number of nitrogens with one attached hydrogen (secondary N) is 1. The molecule has 2 aromatic heterocycles. The molecule has 0 spiro atoms. The molecule has 8 heteroatoms. The number of amides is 1. The fraction of sp³-hybridized carbons (Fsp3) is 0.167. The van der Waals surface area contributed by atoms with Crippen LogP contribution < -0.4 is 11.1 Å². The van der Waals surface area contributed by atoms with Crippen molar-refractivity contribution in [3.05, 3.63) is 72.6 Å². The highest BCUT2D eigenvalue weighted by Crippen LogP contribution is 2.29. The third kappa shape index (κ3) is 5.40. The summed E-state index contributed by atoms with van der Waals surface area (Å²) in [6, 6.07) is 17.4. The molecule has 0 fully saturated rings. The van der Waals surface area contributed by atoms with Gasteiger partial charge in [0.1, 0.15) is 11.3 Å². The lowest BCUT2D eigenvalue weighted by Gasteiger charge is -2.10. The Balaban J connectivity index is 0.00000141. The fourth-order valence-corrected chi connectivity index (χ4v) is 3.97. The van der Waals surface area contributed by atoms with E-state index in [9.17, 15) is 9.59 Å². The Labute approximate surface area is 191 Å². The molecule has 0 saturated heterocycles. The number of carbonyl (C=O) groups excluding carboxylic acids is 2. The standard InChI is InChI=1S/C23H20N4O2S.CH5N/c1-16(29)24-11-12-30-23-22-25-13-21(19-9-7-17(15-28)8-10-19)27(22)14-20(26-23)18-5-3-2-4-6-18;1-2/h2-10,13-15H,11-12H2,1H3,(H,24,29);2H2,1H3. The van der Waals surface area contributed by atoms with Crippen molar-refractivity contribution in [1.29, 1.82) is 0 Å². The van der Waals surface area contributed by atoms with Gasteiger partial charge in [0.15, 0.2) is 5.65 Å². The van der Waals surface area contributed by atoms with Crippen molar-refractivity contribution in [1.82, 2.24) is 19.7 Å². The number of benzene rings is 2. The average molecular weight is 448 g/mol. The first-order valence-electron chi connectivity index (χ1n) is 10.1. The maximum atomic E-state index is 11.1. The number of hydrogen-bond acceptors (Lipinski definition) is 6. The minimum atomic E-state index is -0.0476. The van der Waals surface area contributed by atoms with Crippen molar-refractivity contribution < 1.29 is 9.59 Å². The molecule has 0 aliphatic rings. The second-order valence-corrected chi connectivity index (χ2v) is 7.79. The van der Waals surface area contributed by atoms with Crippen molar-refractivity contribution in [3.8, 4) is 22.5 Å². The van der Waals surface area contributed by atoms with Crippen LogP contribution in [0.25, 0.3) is 28.2 Å². The van der Waals surface area contributed by atoms with Crippen molar-refractivity contribution in [3.63, 3.8) is 0 Å². The van der Waals surface area contributed by atoms with Gasteiger partial charge in [-0.25, -0.2) is 9.97 Å². The van der Waals surface area contributed by atoms with E-state index >= 15 is 0 Å². The van der Waals surface area contributed by atoms with Crippen molar-refractivity contribution in [2.45, 2.75) is 11.9 Å². The van der Waals surface area contributed by atoms with Crippen molar-refractivity contribution in [2.24, 2.45) is 5.73 Å². The second-order valence-electron chi connectivity index (χ2n) is 6.71. The van der Waals surface area contributed by atoms with E-state index in [4.69, 9.17) is 4.98 Å². The van der Waals surface area contributed by atoms with E-state index in [1.165, 1.54) is 14.0 Å². The number of thioether (sulfide) groups is 1. The summed E-state index contributed by atoms with van der Waals surface area (Å²) in [5.74, 6) is 0.644. The van der Waals surface area contributed by atoms with E-state index in [0.717, 1.165) is 39.5 Å². The topological polar surface area (TPSA) is 102 Å². The zero-order valence-corrected chi connectivity index (χ0v) is 18.8. The molecule has 0 atom stereocenters. The van der Waals surface area contributed by atoms with E-state index in [0.29, 0.717) is 17.9 Å². The first-order valence-corrected chi connectivity index (χ1v) is 11.1. The zero-order valence-electron chi connectivity index (χ0n) is 18.0. The van der Waals surface area contributed by atoms with Crippen LogP contribution in [0, 0.1) is 0 Å². The average Bonchev–Trinajstić information content (AvgIpc) is 3.27. The van der Waals surface area contributed by atoms with E-state index in [-0.39, 0.29) is 5.91 Å². The highest BCUT2D eigenvalue weighted by molar-refractivity contribution is 7.99. The molecule has 0 unspecified atom stereocenters. The molecule has 2 heterocycles. The van der Waals surface area contributed by atoms with Crippen LogP contribution in [-0.2, 0) is 4.79 Å². The van der Waals surface area contributed by atoms with Crippen LogP contribution >= 0.6 is 11.8 Å². The fourth-order valence-electron chi connectivity index (χ4n) is 3.13. The van der Waals surface area contributed by atoms with Gasteiger partial charge in [0, 0.05) is 42.1 Å².